The summed E-state index contributed by atoms with van der Waals surface area (Å²) in [5.41, 5.74) is 3.21. The first kappa shape index (κ1) is 17.0. The number of aromatic nitrogens is 2. The Morgan fingerprint density at radius 1 is 1.38 bits per heavy atom. The molecule has 1 saturated heterocycles. The zero-order chi connectivity index (χ0) is 17.1. The normalized spacial score (nSPS) is 15.7. The summed E-state index contributed by atoms with van der Waals surface area (Å²) < 4.78 is 5.28. The van der Waals surface area contributed by atoms with Crippen LogP contribution < -0.4 is 0 Å². The fourth-order valence-corrected chi connectivity index (χ4v) is 4.12. The Bertz CT molecular complexity index is 721. The maximum Gasteiger partial charge on any atom is 0.264 e. The fourth-order valence-electron chi connectivity index (χ4n) is 3.22. The average Bonchev–Trinajstić information content (AvgIpc) is 3.02. The molecule has 5 nitrogen and oxygen atoms in total. The number of carbonyl (C=O) groups excluding carboxylic acids is 1. The molecule has 0 atom stereocenters. The maximum atomic E-state index is 12.6. The Balaban J connectivity index is 1.70. The maximum absolute atomic E-state index is 12.6. The Morgan fingerprint density at radius 3 is 2.75 bits per heavy atom. The Hall–Kier alpha value is -1.79. The van der Waals surface area contributed by atoms with Crippen LogP contribution in [0.5, 0.6) is 0 Å². The van der Waals surface area contributed by atoms with E-state index in [9.17, 15) is 4.79 Å². The van der Waals surface area contributed by atoms with Crippen molar-refractivity contribution in [3.05, 3.63) is 45.2 Å². The van der Waals surface area contributed by atoms with E-state index in [1.54, 1.807) is 7.11 Å². The van der Waals surface area contributed by atoms with Gasteiger partial charge in [-0.15, -0.1) is 11.3 Å². The number of likely N-dealkylation sites (tertiary alicyclic amines) is 1. The van der Waals surface area contributed by atoms with E-state index in [-0.39, 0.29) is 5.91 Å². The van der Waals surface area contributed by atoms with Crippen molar-refractivity contribution in [1.82, 2.24) is 14.9 Å². The molecule has 1 amide bonds. The van der Waals surface area contributed by atoms with E-state index in [2.05, 4.69) is 9.97 Å². The minimum atomic E-state index is 0.164. The van der Waals surface area contributed by atoms with Gasteiger partial charge in [-0.3, -0.25) is 4.79 Å². The zero-order valence-corrected chi connectivity index (χ0v) is 15.2. The van der Waals surface area contributed by atoms with Crippen LogP contribution in [0.4, 0.5) is 0 Å². The van der Waals surface area contributed by atoms with Gasteiger partial charge in [-0.1, -0.05) is 0 Å². The van der Waals surface area contributed by atoms with Gasteiger partial charge in [-0.25, -0.2) is 9.97 Å². The van der Waals surface area contributed by atoms with E-state index in [4.69, 9.17) is 4.74 Å². The molecule has 0 aliphatic carbocycles. The number of piperidine rings is 1. The van der Waals surface area contributed by atoms with Gasteiger partial charge in [0.25, 0.3) is 5.91 Å². The van der Waals surface area contributed by atoms with Gasteiger partial charge in [0.15, 0.2) is 0 Å². The van der Waals surface area contributed by atoms with E-state index in [1.807, 2.05) is 36.4 Å². The number of carbonyl (C=O) groups is 1. The molecule has 3 heterocycles. The van der Waals surface area contributed by atoms with E-state index in [1.165, 1.54) is 11.3 Å². The quantitative estimate of drug-likeness (QED) is 0.853. The number of methoxy groups -OCH3 is 1. The van der Waals surface area contributed by atoms with E-state index >= 15 is 0 Å². The van der Waals surface area contributed by atoms with E-state index in [0.29, 0.717) is 12.5 Å². The molecule has 0 bridgehead atoms. The average molecular weight is 345 g/mol. The molecule has 24 heavy (non-hydrogen) atoms. The minimum absolute atomic E-state index is 0.164. The first-order valence-electron chi connectivity index (χ1n) is 8.25. The summed E-state index contributed by atoms with van der Waals surface area (Å²) in [5.74, 6) is 1.32. The molecule has 0 aromatic carbocycles. The van der Waals surface area contributed by atoms with Crippen molar-refractivity contribution >= 4 is 17.2 Å². The molecule has 128 valence electrons. The number of amides is 1. The monoisotopic (exact) mass is 345 g/mol. The highest BCUT2D eigenvalue weighted by atomic mass is 32.1. The van der Waals surface area contributed by atoms with Crippen LogP contribution in [0, 0.1) is 13.8 Å². The van der Waals surface area contributed by atoms with Gasteiger partial charge in [0, 0.05) is 37.9 Å². The lowest BCUT2D eigenvalue weighted by atomic mass is 9.90. The van der Waals surface area contributed by atoms with Gasteiger partial charge >= 0.3 is 0 Å². The Kier molecular flexibility index (Phi) is 5.26. The molecule has 1 aliphatic heterocycles. The molecule has 0 N–H and O–H groups in total. The first-order chi connectivity index (χ1) is 11.6. The SMILES string of the molecule is COCc1cnc(C)nc1C1CCN(C(=O)c2sccc2C)CC1. The second-order valence-corrected chi connectivity index (χ2v) is 7.18. The standard InChI is InChI=1S/C18H23N3O2S/c1-12-6-9-24-17(12)18(22)21-7-4-14(5-8-21)16-15(11-23-3)10-19-13(2)20-16/h6,9-10,14H,4-5,7-8,11H2,1-3H3. The van der Waals surface area contributed by atoms with Gasteiger partial charge in [-0.05, 0) is 43.7 Å². The highest BCUT2D eigenvalue weighted by Crippen LogP contribution is 2.30. The fraction of sp³-hybridized carbons (Fsp3) is 0.500. The van der Waals surface area contributed by atoms with Crippen LogP contribution in [0.25, 0.3) is 0 Å². The summed E-state index contributed by atoms with van der Waals surface area (Å²) in [6.45, 7) is 5.99. The predicted octanol–water partition coefficient (Wildman–Crippen LogP) is 3.32. The number of thiophene rings is 1. The van der Waals surface area contributed by atoms with Crippen molar-refractivity contribution < 1.29 is 9.53 Å². The molecule has 6 heteroatoms. The van der Waals surface area contributed by atoms with Crippen LogP contribution in [-0.2, 0) is 11.3 Å². The molecule has 2 aromatic rings. The second-order valence-electron chi connectivity index (χ2n) is 6.26. The lowest BCUT2D eigenvalue weighted by molar-refractivity contribution is 0.0715. The first-order valence-corrected chi connectivity index (χ1v) is 9.13. The lowest BCUT2D eigenvalue weighted by Gasteiger charge is -2.32. The van der Waals surface area contributed by atoms with Crippen LogP contribution in [0.2, 0.25) is 0 Å². The lowest BCUT2D eigenvalue weighted by Crippen LogP contribution is -2.38. The summed E-state index contributed by atoms with van der Waals surface area (Å²) in [6.07, 6.45) is 3.74. The van der Waals surface area contributed by atoms with Gasteiger partial charge in [0.1, 0.15) is 5.82 Å². The molecule has 2 aromatic heterocycles. The number of rotatable bonds is 4. The third-order valence-corrected chi connectivity index (χ3v) is 5.55. The van der Waals surface area contributed by atoms with Crippen LogP contribution in [0.15, 0.2) is 17.6 Å². The molecule has 0 radical (unpaired) electrons. The topological polar surface area (TPSA) is 55.3 Å². The summed E-state index contributed by atoms with van der Waals surface area (Å²) in [4.78, 5) is 24.4. The van der Waals surface area contributed by atoms with Gasteiger partial charge in [0.05, 0.1) is 17.2 Å². The van der Waals surface area contributed by atoms with Crippen molar-refractivity contribution in [2.24, 2.45) is 0 Å². The van der Waals surface area contributed by atoms with Crippen molar-refractivity contribution in [2.45, 2.75) is 39.2 Å². The number of aryl methyl sites for hydroxylation is 2. The van der Waals surface area contributed by atoms with Crippen molar-refractivity contribution in [1.29, 1.82) is 0 Å². The van der Waals surface area contributed by atoms with Gasteiger partial charge in [-0.2, -0.15) is 0 Å². The van der Waals surface area contributed by atoms with Gasteiger partial charge in [0.2, 0.25) is 0 Å². The third-order valence-electron chi connectivity index (χ3n) is 4.54. The van der Waals surface area contributed by atoms with Gasteiger partial charge < -0.3 is 9.64 Å². The summed E-state index contributed by atoms with van der Waals surface area (Å²) in [6, 6.07) is 2.01. The summed E-state index contributed by atoms with van der Waals surface area (Å²) in [7, 11) is 1.69. The molecule has 1 fully saturated rings. The summed E-state index contributed by atoms with van der Waals surface area (Å²) >= 11 is 1.53. The van der Waals surface area contributed by atoms with Crippen molar-refractivity contribution in [3.63, 3.8) is 0 Å². The number of hydrogen-bond acceptors (Lipinski definition) is 5. The second kappa shape index (κ2) is 7.40. The molecule has 0 saturated carbocycles. The molecular formula is C18H23N3O2S. The Morgan fingerprint density at radius 2 is 2.12 bits per heavy atom. The minimum Gasteiger partial charge on any atom is -0.380 e. The van der Waals surface area contributed by atoms with Crippen molar-refractivity contribution in [3.8, 4) is 0 Å². The van der Waals surface area contributed by atoms with Crippen LogP contribution in [-0.4, -0.2) is 41.0 Å². The smallest absolute Gasteiger partial charge is 0.264 e. The van der Waals surface area contributed by atoms with Crippen LogP contribution in [0.3, 0.4) is 0 Å². The molecule has 0 spiro atoms. The molecule has 3 rings (SSSR count). The number of nitrogens with zero attached hydrogens (tertiary/aromatic N) is 3. The molecule has 0 unspecified atom stereocenters. The van der Waals surface area contributed by atoms with Crippen LogP contribution >= 0.6 is 11.3 Å². The molecule has 1 aliphatic rings. The third kappa shape index (κ3) is 3.49. The Labute approximate surface area is 146 Å². The van der Waals surface area contributed by atoms with Crippen molar-refractivity contribution in [2.75, 3.05) is 20.2 Å². The highest BCUT2D eigenvalue weighted by molar-refractivity contribution is 7.12. The predicted molar refractivity (Wildman–Crippen MR) is 94.4 cm³/mol. The zero-order valence-electron chi connectivity index (χ0n) is 14.4. The largest absolute Gasteiger partial charge is 0.380 e. The van der Waals surface area contributed by atoms with Crippen LogP contribution in [0.1, 0.15) is 51.1 Å². The van der Waals surface area contributed by atoms with E-state index in [0.717, 1.165) is 53.5 Å². The number of ether oxygens (including phenoxy) is 1. The number of hydrogen-bond donors (Lipinski definition) is 0. The molecular weight excluding hydrogens is 322 g/mol. The summed E-state index contributed by atoms with van der Waals surface area (Å²) in [5, 5.41) is 1.98. The highest BCUT2D eigenvalue weighted by Gasteiger charge is 2.28. The van der Waals surface area contributed by atoms with E-state index < -0.39 is 0 Å².